The number of carbonyl (C=O) groups is 4. The first kappa shape index (κ1) is 30.5. The molecule has 11 nitrogen and oxygen atoms in total. The molecule has 0 aliphatic heterocycles. The van der Waals surface area contributed by atoms with Crippen LogP contribution in [0.25, 0.3) is 0 Å². The third kappa shape index (κ3) is 17.1. The summed E-state index contributed by atoms with van der Waals surface area (Å²) in [6.45, 7) is 12.6. The third-order valence-corrected chi connectivity index (χ3v) is 3.87. The van der Waals surface area contributed by atoms with Crippen LogP contribution in [0, 0.1) is 0 Å². The zero-order valence-corrected chi connectivity index (χ0v) is 19.7. The van der Waals surface area contributed by atoms with Gasteiger partial charge >= 0.3 is 24.0 Å². The lowest BCUT2D eigenvalue weighted by Crippen LogP contribution is -2.37. The normalized spacial score (nSPS) is 10.7. The topological polar surface area (TPSA) is 136 Å². The van der Waals surface area contributed by atoms with Crippen molar-refractivity contribution in [3.8, 4) is 0 Å². The second-order valence-corrected chi connectivity index (χ2v) is 6.82. The number of hydrogen-bond acceptors (Lipinski definition) is 10. The minimum Gasteiger partial charge on any atom is -0.502 e. The monoisotopic (exact) mass is 485 g/mol. The van der Waals surface area contributed by atoms with Gasteiger partial charge in [-0.15, -0.1) is 0 Å². The average Bonchev–Trinajstić information content (AvgIpc) is 2.80. The maximum Gasteiger partial charge on any atom is 0.408 e. The molecule has 0 saturated carbocycles. The molecule has 11 heteroatoms. The van der Waals surface area contributed by atoms with Gasteiger partial charge < -0.3 is 33.7 Å². The van der Waals surface area contributed by atoms with Crippen LogP contribution in [0.5, 0.6) is 0 Å². The van der Waals surface area contributed by atoms with Crippen LogP contribution in [-0.2, 0) is 42.8 Å². The number of hydrogen-bond donors (Lipinski definition) is 1. The number of nitrogens with one attached hydrogen (secondary N) is 1. The summed E-state index contributed by atoms with van der Waals surface area (Å²) in [6, 6.07) is 0. The summed E-state index contributed by atoms with van der Waals surface area (Å²) in [5, 5.41) is 2.32. The van der Waals surface area contributed by atoms with E-state index in [2.05, 4.69) is 25.1 Å². The number of rotatable bonds is 20. The van der Waals surface area contributed by atoms with Gasteiger partial charge in [0.2, 0.25) is 6.10 Å². The summed E-state index contributed by atoms with van der Waals surface area (Å²) in [5.74, 6) is -2.21. The van der Waals surface area contributed by atoms with Gasteiger partial charge in [-0.3, -0.25) is 4.79 Å². The van der Waals surface area contributed by atoms with E-state index in [1.165, 1.54) is 19.4 Å². The van der Waals surface area contributed by atoms with Crippen molar-refractivity contribution in [1.29, 1.82) is 0 Å². The van der Waals surface area contributed by atoms with Crippen LogP contribution in [0.3, 0.4) is 0 Å². The number of ether oxygens (including phenoxy) is 6. The van der Waals surface area contributed by atoms with E-state index in [1.807, 2.05) is 0 Å². The summed E-state index contributed by atoms with van der Waals surface area (Å²) in [7, 11) is 0. The maximum absolute atomic E-state index is 12.4. The van der Waals surface area contributed by atoms with Gasteiger partial charge in [-0.2, -0.15) is 0 Å². The lowest BCUT2D eigenvalue weighted by Gasteiger charge is -2.17. The van der Waals surface area contributed by atoms with Crippen LogP contribution in [0.15, 0.2) is 37.8 Å². The minimum atomic E-state index is -1.50. The maximum atomic E-state index is 12.4. The van der Waals surface area contributed by atoms with Crippen molar-refractivity contribution in [2.75, 3.05) is 39.6 Å². The van der Waals surface area contributed by atoms with Gasteiger partial charge in [0.25, 0.3) is 0 Å². The molecular formula is C23H35NO10. The average molecular weight is 486 g/mol. The van der Waals surface area contributed by atoms with Crippen LogP contribution in [0.1, 0.15) is 39.0 Å². The van der Waals surface area contributed by atoms with Gasteiger partial charge in [0.1, 0.15) is 6.61 Å². The van der Waals surface area contributed by atoms with Gasteiger partial charge in [0.05, 0.1) is 51.9 Å². The molecule has 0 fully saturated rings. The molecule has 1 N–H and O–H groups in total. The van der Waals surface area contributed by atoms with Crippen molar-refractivity contribution in [2.45, 2.75) is 45.1 Å². The number of alkyl carbamates (subject to hydrolysis) is 1. The van der Waals surface area contributed by atoms with E-state index in [1.54, 1.807) is 0 Å². The molecule has 0 aliphatic rings. The molecule has 34 heavy (non-hydrogen) atoms. The Morgan fingerprint density at radius 2 is 1.38 bits per heavy atom. The number of esters is 3. The second-order valence-electron chi connectivity index (χ2n) is 6.82. The van der Waals surface area contributed by atoms with Gasteiger partial charge in [-0.25, -0.2) is 14.4 Å². The Labute approximate surface area is 200 Å². The molecule has 0 aromatic rings. The molecule has 1 atom stereocenters. The van der Waals surface area contributed by atoms with Crippen LogP contribution < -0.4 is 5.32 Å². The largest absolute Gasteiger partial charge is 0.502 e. The zero-order valence-electron chi connectivity index (χ0n) is 19.7. The molecular weight excluding hydrogens is 450 g/mol. The van der Waals surface area contributed by atoms with Crippen molar-refractivity contribution < 1.29 is 47.6 Å². The molecule has 0 aromatic carbocycles. The number of carbonyl (C=O) groups excluding carboxylic acids is 4. The highest BCUT2D eigenvalue weighted by atomic mass is 16.6. The molecule has 0 aromatic heterocycles. The Morgan fingerprint density at radius 3 is 1.94 bits per heavy atom. The fraction of sp³-hybridized carbons (Fsp3) is 0.565. The van der Waals surface area contributed by atoms with Gasteiger partial charge in [-0.05, 0) is 32.6 Å². The molecule has 0 bridgehead atoms. The molecule has 192 valence electrons. The van der Waals surface area contributed by atoms with E-state index in [0.717, 1.165) is 0 Å². The molecule has 0 spiro atoms. The lowest BCUT2D eigenvalue weighted by molar-refractivity contribution is -0.160. The highest BCUT2D eigenvalue weighted by Crippen LogP contribution is 2.07. The summed E-state index contributed by atoms with van der Waals surface area (Å²) < 4.78 is 30.0. The van der Waals surface area contributed by atoms with E-state index >= 15 is 0 Å². The molecule has 1 unspecified atom stereocenters. The SMILES string of the molecule is C=COCCCCOC(=O)CC(OC(=O)NCCOC(=O)C(=C)C)C(=O)OCCCCOC=C. The standard InChI is InChI=1S/C23H35NO10/c1-5-29-12-7-9-14-31-20(25)17-19(22(27)32-15-10-8-13-30-6-2)34-23(28)24-11-16-33-21(26)18(3)4/h5-6,19H,1-3,7-17H2,4H3,(H,24,28). The lowest BCUT2D eigenvalue weighted by atomic mass is 10.2. The van der Waals surface area contributed by atoms with Gasteiger partial charge in [0, 0.05) is 5.57 Å². The highest BCUT2D eigenvalue weighted by molar-refractivity contribution is 5.87. The van der Waals surface area contributed by atoms with Gasteiger partial charge in [0.15, 0.2) is 0 Å². The van der Waals surface area contributed by atoms with Crippen LogP contribution in [0.2, 0.25) is 0 Å². The summed E-state index contributed by atoms with van der Waals surface area (Å²) in [5.41, 5.74) is 0.216. The molecule has 0 radical (unpaired) electrons. The third-order valence-electron chi connectivity index (χ3n) is 3.87. The first-order chi connectivity index (χ1) is 16.3. The van der Waals surface area contributed by atoms with Crippen LogP contribution in [-0.4, -0.2) is 69.7 Å². The quantitative estimate of drug-likeness (QED) is 0.0901. The van der Waals surface area contributed by atoms with Crippen LogP contribution >= 0.6 is 0 Å². The van der Waals surface area contributed by atoms with E-state index in [0.29, 0.717) is 38.9 Å². The fourth-order valence-corrected chi connectivity index (χ4v) is 2.17. The fourth-order valence-electron chi connectivity index (χ4n) is 2.17. The van der Waals surface area contributed by atoms with Gasteiger partial charge in [-0.1, -0.05) is 19.7 Å². The zero-order chi connectivity index (χ0) is 25.6. The van der Waals surface area contributed by atoms with E-state index in [4.69, 9.17) is 28.4 Å². The first-order valence-corrected chi connectivity index (χ1v) is 10.9. The van der Waals surface area contributed by atoms with Crippen molar-refractivity contribution in [2.24, 2.45) is 0 Å². The molecule has 0 rings (SSSR count). The smallest absolute Gasteiger partial charge is 0.408 e. The molecule has 0 saturated heterocycles. The Hall–Kier alpha value is -3.50. The summed E-state index contributed by atoms with van der Waals surface area (Å²) in [6.07, 6.45) is 1.95. The second kappa shape index (κ2) is 20.1. The molecule has 0 heterocycles. The Morgan fingerprint density at radius 1 is 0.824 bits per heavy atom. The van der Waals surface area contributed by atoms with Crippen molar-refractivity contribution in [3.63, 3.8) is 0 Å². The van der Waals surface area contributed by atoms with Crippen LogP contribution in [0.4, 0.5) is 4.79 Å². The predicted octanol–water partition coefficient (Wildman–Crippen LogP) is 2.56. The Kier molecular flexibility index (Phi) is 18.1. The number of amides is 1. The summed E-state index contributed by atoms with van der Waals surface area (Å²) >= 11 is 0. The number of unbranched alkanes of at least 4 members (excludes halogenated alkanes) is 2. The van der Waals surface area contributed by atoms with E-state index in [9.17, 15) is 19.2 Å². The van der Waals surface area contributed by atoms with E-state index in [-0.39, 0.29) is 31.9 Å². The predicted molar refractivity (Wildman–Crippen MR) is 121 cm³/mol. The first-order valence-electron chi connectivity index (χ1n) is 10.9. The minimum absolute atomic E-state index is 0.0516. The highest BCUT2D eigenvalue weighted by Gasteiger charge is 2.28. The van der Waals surface area contributed by atoms with Crippen molar-refractivity contribution in [3.05, 3.63) is 37.8 Å². The Bertz CT molecular complexity index is 677. The molecule has 1 amide bonds. The summed E-state index contributed by atoms with van der Waals surface area (Å²) in [4.78, 5) is 47.8. The molecule has 0 aliphatic carbocycles. The Balaban J connectivity index is 4.58. The van der Waals surface area contributed by atoms with Crippen molar-refractivity contribution in [1.82, 2.24) is 5.32 Å². The van der Waals surface area contributed by atoms with E-state index < -0.39 is 36.5 Å². The van der Waals surface area contributed by atoms with Crippen molar-refractivity contribution >= 4 is 24.0 Å².